The second-order valence-corrected chi connectivity index (χ2v) is 3.38. The molecule has 0 aliphatic heterocycles. The molecule has 0 aliphatic carbocycles. The third-order valence-corrected chi connectivity index (χ3v) is 1.88. The van der Waals surface area contributed by atoms with Gasteiger partial charge in [0, 0.05) is 5.70 Å². The Kier molecular flexibility index (Phi) is 7.08. The van der Waals surface area contributed by atoms with E-state index in [-0.39, 0.29) is 0 Å². The molecular formula is C12H21N. The first-order valence-electron chi connectivity index (χ1n) is 4.97. The van der Waals surface area contributed by atoms with Gasteiger partial charge in [0.05, 0.1) is 0 Å². The van der Waals surface area contributed by atoms with Crippen molar-refractivity contribution in [1.82, 2.24) is 0 Å². The van der Waals surface area contributed by atoms with Crippen molar-refractivity contribution in [1.29, 1.82) is 0 Å². The number of hydrogen-bond donors (Lipinski definition) is 1. The quantitative estimate of drug-likeness (QED) is 0.469. The molecule has 0 atom stereocenters. The third-order valence-electron chi connectivity index (χ3n) is 1.88. The molecule has 74 valence electrons. The zero-order valence-electron chi connectivity index (χ0n) is 8.68. The molecule has 0 fully saturated rings. The molecule has 0 radical (unpaired) electrons. The van der Waals surface area contributed by atoms with E-state index in [9.17, 15) is 0 Å². The first kappa shape index (κ1) is 12.0. The molecule has 0 unspecified atom stereocenters. The predicted molar refractivity (Wildman–Crippen MR) is 60.4 cm³/mol. The van der Waals surface area contributed by atoms with Crippen LogP contribution in [0, 0.1) is 0 Å². The van der Waals surface area contributed by atoms with Crippen LogP contribution in [0.15, 0.2) is 36.6 Å². The molecule has 0 amide bonds. The van der Waals surface area contributed by atoms with Crippen LogP contribution < -0.4 is 5.73 Å². The number of hydrogen-bond acceptors (Lipinski definition) is 1. The maximum Gasteiger partial charge on any atom is 0.0241 e. The highest BCUT2D eigenvalue weighted by Crippen LogP contribution is 2.09. The molecule has 0 aliphatic rings. The second kappa shape index (κ2) is 7.66. The molecule has 0 bridgehead atoms. The summed E-state index contributed by atoms with van der Waals surface area (Å²) in [5.41, 5.74) is 7.13. The van der Waals surface area contributed by atoms with Gasteiger partial charge in [-0.05, 0) is 18.9 Å². The van der Waals surface area contributed by atoms with Gasteiger partial charge in [-0.2, -0.15) is 0 Å². The normalized spacial score (nSPS) is 10.5. The Balaban J connectivity index is 3.46. The summed E-state index contributed by atoms with van der Waals surface area (Å²) in [5, 5.41) is 0. The summed E-state index contributed by atoms with van der Waals surface area (Å²) in [5.74, 6) is 0. The summed E-state index contributed by atoms with van der Waals surface area (Å²) >= 11 is 0. The smallest absolute Gasteiger partial charge is 0.0241 e. The first-order chi connectivity index (χ1) is 6.16. The van der Waals surface area contributed by atoms with Crippen LogP contribution in [-0.2, 0) is 0 Å². The zero-order chi connectivity index (χ0) is 10.1. The fourth-order valence-electron chi connectivity index (χ4n) is 1.09. The molecule has 0 aromatic rings. The van der Waals surface area contributed by atoms with Gasteiger partial charge in [-0.3, -0.25) is 0 Å². The van der Waals surface area contributed by atoms with Crippen molar-refractivity contribution in [2.75, 3.05) is 0 Å². The lowest BCUT2D eigenvalue weighted by molar-refractivity contribution is 0.668. The minimum Gasteiger partial charge on any atom is -0.399 e. The molecular weight excluding hydrogens is 158 g/mol. The Morgan fingerprint density at radius 2 is 1.85 bits per heavy atom. The number of rotatable bonds is 7. The van der Waals surface area contributed by atoms with E-state index in [1.807, 2.05) is 12.2 Å². The Hall–Kier alpha value is -0.980. The number of unbranched alkanes of at least 4 members (excludes halogenated alkanes) is 3. The number of allylic oxidation sites excluding steroid dienone is 3. The molecule has 1 heteroatoms. The minimum absolute atomic E-state index is 0.592. The molecule has 0 aromatic carbocycles. The second-order valence-electron chi connectivity index (χ2n) is 3.38. The van der Waals surface area contributed by atoms with E-state index >= 15 is 0 Å². The summed E-state index contributed by atoms with van der Waals surface area (Å²) in [6, 6.07) is 0. The predicted octanol–water partition coefficient (Wildman–Crippen LogP) is 3.54. The Bertz CT molecular complexity index is 189. The SMILES string of the molecule is C=C(N)/C=C\C(=C)CCCCCC. The van der Waals surface area contributed by atoms with Crippen LogP contribution in [0.25, 0.3) is 0 Å². The van der Waals surface area contributed by atoms with Gasteiger partial charge in [0.15, 0.2) is 0 Å². The van der Waals surface area contributed by atoms with Crippen LogP contribution in [0.3, 0.4) is 0 Å². The van der Waals surface area contributed by atoms with Gasteiger partial charge >= 0.3 is 0 Å². The van der Waals surface area contributed by atoms with Crippen molar-refractivity contribution in [3.8, 4) is 0 Å². The molecule has 0 saturated heterocycles. The molecule has 0 saturated carbocycles. The average Bonchev–Trinajstić information content (AvgIpc) is 2.09. The molecule has 0 rings (SSSR count). The minimum atomic E-state index is 0.592. The highest BCUT2D eigenvalue weighted by molar-refractivity contribution is 5.22. The van der Waals surface area contributed by atoms with E-state index in [1.54, 1.807) is 0 Å². The van der Waals surface area contributed by atoms with Gasteiger partial charge < -0.3 is 5.73 Å². The molecule has 2 N–H and O–H groups in total. The van der Waals surface area contributed by atoms with E-state index in [2.05, 4.69) is 20.1 Å². The van der Waals surface area contributed by atoms with Gasteiger partial charge in [-0.15, -0.1) is 0 Å². The third kappa shape index (κ3) is 8.93. The standard InChI is InChI=1S/C12H21N/c1-4-5-6-7-8-11(2)9-10-12(3)13/h9-10H,2-8,13H2,1H3/b10-9-. The fraction of sp³-hybridized carbons (Fsp3) is 0.500. The Morgan fingerprint density at radius 1 is 1.15 bits per heavy atom. The monoisotopic (exact) mass is 179 g/mol. The van der Waals surface area contributed by atoms with Crippen molar-refractivity contribution in [2.45, 2.75) is 39.0 Å². The summed E-state index contributed by atoms with van der Waals surface area (Å²) in [7, 11) is 0. The van der Waals surface area contributed by atoms with E-state index in [4.69, 9.17) is 5.73 Å². The van der Waals surface area contributed by atoms with E-state index in [1.165, 1.54) is 25.7 Å². The Labute approximate surface area is 82.0 Å². The summed E-state index contributed by atoms with van der Waals surface area (Å²) in [6.45, 7) is 9.74. The lowest BCUT2D eigenvalue weighted by Gasteiger charge is -1.99. The van der Waals surface area contributed by atoms with Crippen molar-refractivity contribution in [2.24, 2.45) is 5.73 Å². The van der Waals surface area contributed by atoms with Crippen LogP contribution in [0.1, 0.15) is 39.0 Å². The summed E-state index contributed by atoms with van der Waals surface area (Å²) in [4.78, 5) is 0. The zero-order valence-corrected chi connectivity index (χ0v) is 8.68. The van der Waals surface area contributed by atoms with Crippen LogP contribution in [0.5, 0.6) is 0 Å². The van der Waals surface area contributed by atoms with Crippen LogP contribution in [-0.4, -0.2) is 0 Å². The largest absolute Gasteiger partial charge is 0.399 e. The summed E-state index contributed by atoms with van der Waals surface area (Å²) in [6.07, 6.45) is 9.96. The lowest BCUT2D eigenvalue weighted by atomic mass is 10.1. The maximum absolute atomic E-state index is 5.39. The van der Waals surface area contributed by atoms with Gasteiger partial charge in [0.1, 0.15) is 0 Å². The first-order valence-corrected chi connectivity index (χ1v) is 4.97. The molecule has 0 heterocycles. The van der Waals surface area contributed by atoms with Crippen LogP contribution in [0.4, 0.5) is 0 Å². The molecule has 1 nitrogen and oxygen atoms in total. The van der Waals surface area contributed by atoms with E-state index in [0.29, 0.717) is 5.70 Å². The highest BCUT2D eigenvalue weighted by atomic mass is 14.5. The highest BCUT2D eigenvalue weighted by Gasteiger charge is 1.90. The maximum atomic E-state index is 5.39. The fourth-order valence-corrected chi connectivity index (χ4v) is 1.09. The molecule has 0 spiro atoms. The average molecular weight is 179 g/mol. The van der Waals surface area contributed by atoms with Gasteiger partial charge in [0.25, 0.3) is 0 Å². The van der Waals surface area contributed by atoms with Gasteiger partial charge in [-0.1, -0.05) is 51.0 Å². The van der Waals surface area contributed by atoms with Crippen molar-refractivity contribution in [3.05, 3.63) is 36.6 Å². The van der Waals surface area contributed by atoms with Crippen LogP contribution >= 0.6 is 0 Å². The van der Waals surface area contributed by atoms with Gasteiger partial charge in [-0.25, -0.2) is 0 Å². The van der Waals surface area contributed by atoms with Gasteiger partial charge in [0.2, 0.25) is 0 Å². The van der Waals surface area contributed by atoms with E-state index in [0.717, 1.165) is 12.0 Å². The van der Waals surface area contributed by atoms with Crippen molar-refractivity contribution < 1.29 is 0 Å². The Morgan fingerprint density at radius 3 is 2.38 bits per heavy atom. The number of nitrogens with two attached hydrogens (primary N) is 1. The lowest BCUT2D eigenvalue weighted by Crippen LogP contribution is -1.89. The van der Waals surface area contributed by atoms with Crippen molar-refractivity contribution in [3.63, 3.8) is 0 Å². The topological polar surface area (TPSA) is 26.0 Å². The van der Waals surface area contributed by atoms with Crippen LogP contribution in [0.2, 0.25) is 0 Å². The molecule has 13 heavy (non-hydrogen) atoms. The van der Waals surface area contributed by atoms with E-state index < -0.39 is 0 Å². The molecule has 0 aromatic heterocycles. The van der Waals surface area contributed by atoms with Crippen molar-refractivity contribution >= 4 is 0 Å². The summed E-state index contributed by atoms with van der Waals surface area (Å²) < 4.78 is 0.